The van der Waals surface area contributed by atoms with Crippen LogP contribution in [-0.2, 0) is 9.53 Å². The lowest BCUT2D eigenvalue weighted by molar-refractivity contribution is -0.141. The summed E-state index contributed by atoms with van der Waals surface area (Å²) in [6.45, 7) is 0. The zero-order valence-corrected chi connectivity index (χ0v) is 14.3. The predicted molar refractivity (Wildman–Crippen MR) is 95.7 cm³/mol. The standard InChI is InChI=1S/C18H16N2O4S/c1-24-16(21)10-13(15-7-4-8-25-15)19-18(23)14-9-11-5-2-3-6-12(11)17(22)20-14/h2-9,13H,10H2,1H3,(H,19,23)(H,20,22). The number of rotatable bonds is 5. The molecule has 6 nitrogen and oxygen atoms in total. The van der Waals surface area contributed by atoms with Gasteiger partial charge in [-0.25, -0.2) is 0 Å². The highest BCUT2D eigenvalue weighted by molar-refractivity contribution is 7.10. The number of thiophene rings is 1. The van der Waals surface area contributed by atoms with Crippen molar-refractivity contribution in [3.8, 4) is 0 Å². The topological polar surface area (TPSA) is 88.3 Å². The van der Waals surface area contributed by atoms with Crippen LogP contribution in [0.5, 0.6) is 0 Å². The summed E-state index contributed by atoms with van der Waals surface area (Å²) in [5.74, 6) is -0.879. The third kappa shape index (κ3) is 3.77. The zero-order valence-electron chi connectivity index (χ0n) is 13.4. The molecule has 0 aliphatic heterocycles. The molecule has 0 aliphatic rings. The fourth-order valence-electron chi connectivity index (χ4n) is 2.53. The van der Waals surface area contributed by atoms with Crippen molar-refractivity contribution in [2.45, 2.75) is 12.5 Å². The summed E-state index contributed by atoms with van der Waals surface area (Å²) < 4.78 is 4.70. The summed E-state index contributed by atoms with van der Waals surface area (Å²) >= 11 is 1.43. The van der Waals surface area contributed by atoms with Crippen LogP contribution in [0.25, 0.3) is 10.8 Å². The minimum Gasteiger partial charge on any atom is -0.469 e. The van der Waals surface area contributed by atoms with Gasteiger partial charge in [-0.05, 0) is 29.0 Å². The lowest BCUT2D eigenvalue weighted by Crippen LogP contribution is -2.31. The first-order valence-electron chi connectivity index (χ1n) is 7.61. The van der Waals surface area contributed by atoms with E-state index < -0.39 is 17.9 Å². The van der Waals surface area contributed by atoms with Crippen molar-refractivity contribution in [1.29, 1.82) is 0 Å². The Bertz CT molecular complexity index is 963. The van der Waals surface area contributed by atoms with Gasteiger partial charge in [0, 0.05) is 10.3 Å². The number of fused-ring (bicyclic) bond motifs is 1. The van der Waals surface area contributed by atoms with Crippen molar-refractivity contribution in [2.24, 2.45) is 0 Å². The van der Waals surface area contributed by atoms with Crippen molar-refractivity contribution in [3.63, 3.8) is 0 Å². The second kappa shape index (κ2) is 7.31. The van der Waals surface area contributed by atoms with Crippen LogP contribution in [0.1, 0.15) is 27.8 Å². The first-order chi connectivity index (χ1) is 12.1. The number of carbonyl (C=O) groups is 2. The van der Waals surface area contributed by atoms with Gasteiger partial charge in [0.15, 0.2) is 0 Å². The number of hydrogen-bond acceptors (Lipinski definition) is 5. The number of amides is 1. The molecule has 2 heterocycles. The molecule has 0 spiro atoms. The Balaban J connectivity index is 1.88. The number of benzene rings is 1. The third-order valence-corrected chi connectivity index (χ3v) is 4.77. The van der Waals surface area contributed by atoms with E-state index in [1.165, 1.54) is 18.4 Å². The quantitative estimate of drug-likeness (QED) is 0.688. The van der Waals surface area contributed by atoms with Crippen molar-refractivity contribution >= 4 is 34.0 Å². The van der Waals surface area contributed by atoms with Crippen molar-refractivity contribution in [2.75, 3.05) is 7.11 Å². The smallest absolute Gasteiger partial charge is 0.307 e. The maximum atomic E-state index is 12.6. The molecule has 128 valence electrons. The van der Waals surface area contributed by atoms with Crippen LogP contribution >= 0.6 is 11.3 Å². The molecule has 0 fully saturated rings. The third-order valence-electron chi connectivity index (χ3n) is 3.79. The number of aromatic nitrogens is 1. The van der Waals surface area contributed by atoms with Gasteiger partial charge in [-0.3, -0.25) is 14.4 Å². The van der Waals surface area contributed by atoms with Crippen LogP contribution in [0, 0.1) is 0 Å². The minimum atomic E-state index is -0.519. The Hall–Kier alpha value is -2.93. The largest absolute Gasteiger partial charge is 0.469 e. The molecule has 2 aromatic heterocycles. The average Bonchev–Trinajstić information content (AvgIpc) is 3.15. The Morgan fingerprint density at radius 3 is 2.76 bits per heavy atom. The second-order valence-corrected chi connectivity index (χ2v) is 6.40. The van der Waals surface area contributed by atoms with E-state index in [2.05, 4.69) is 10.3 Å². The molecule has 0 saturated carbocycles. The molecule has 3 rings (SSSR count). The molecule has 2 N–H and O–H groups in total. The molecule has 1 unspecified atom stereocenters. The maximum Gasteiger partial charge on any atom is 0.307 e. The first kappa shape index (κ1) is 16.9. The maximum absolute atomic E-state index is 12.6. The van der Waals surface area contributed by atoms with Gasteiger partial charge in [0.1, 0.15) is 5.69 Å². The summed E-state index contributed by atoms with van der Waals surface area (Å²) in [5.41, 5.74) is -0.181. The van der Waals surface area contributed by atoms with Gasteiger partial charge in [0.25, 0.3) is 11.5 Å². The molecule has 1 amide bonds. The first-order valence-corrected chi connectivity index (χ1v) is 8.49. The minimum absolute atomic E-state index is 0.0145. The van der Waals surface area contributed by atoms with E-state index in [1.807, 2.05) is 17.5 Å². The van der Waals surface area contributed by atoms with Crippen LogP contribution in [-0.4, -0.2) is 24.0 Å². The van der Waals surface area contributed by atoms with Crippen molar-refractivity contribution in [1.82, 2.24) is 10.3 Å². The Morgan fingerprint density at radius 1 is 1.24 bits per heavy atom. The van der Waals surface area contributed by atoms with Gasteiger partial charge < -0.3 is 15.0 Å². The molecular weight excluding hydrogens is 340 g/mol. The summed E-state index contributed by atoms with van der Waals surface area (Å²) in [4.78, 5) is 39.8. The highest BCUT2D eigenvalue weighted by Crippen LogP contribution is 2.23. The molecule has 0 saturated heterocycles. The van der Waals surface area contributed by atoms with Gasteiger partial charge in [0.05, 0.1) is 19.6 Å². The Labute approximate surface area is 147 Å². The summed E-state index contributed by atoms with van der Waals surface area (Å²) in [5, 5.41) is 5.85. The zero-order chi connectivity index (χ0) is 17.8. The van der Waals surface area contributed by atoms with Gasteiger partial charge in [-0.1, -0.05) is 24.3 Å². The van der Waals surface area contributed by atoms with Crippen LogP contribution < -0.4 is 10.9 Å². The lowest BCUT2D eigenvalue weighted by atomic mass is 10.1. The van der Waals surface area contributed by atoms with Gasteiger partial charge >= 0.3 is 5.97 Å². The Kier molecular flexibility index (Phi) is 4.95. The van der Waals surface area contributed by atoms with Crippen LogP contribution in [0.15, 0.2) is 52.6 Å². The van der Waals surface area contributed by atoms with Gasteiger partial charge in [-0.2, -0.15) is 0 Å². The summed E-state index contributed by atoms with van der Waals surface area (Å²) in [6, 6.07) is 11.8. The number of methoxy groups -OCH3 is 1. The van der Waals surface area contributed by atoms with Gasteiger partial charge in [-0.15, -0.1) is 11.3 Å². The average molecular weight is 356 g/mol. The summed E-state index contributed by atoms with van der Waals surface area (Å²) in [7, 11) is 1.30. The fourth-order valence-corrected chi connectivity index (χ4v) is 3.31. The van der Waals surface area contributed by atoms with Crippen molar-refractivity contribution < 1.29 is 14.3 Å². The fraction of sp³-hybridized carbons (Fsp3) is 0.167. The lowest BCUT2D eigenvalue weighted by Gasteiger charge is -2.16. The molecule has 1 aromatic carbocycles. The number of aromatic amines is 1. The van der Waals surface area contributed by atoms with E-state index in [-0.39, 0.29) is 17.7 Å². The van der Waals surface area contributed by atoms with Gasteiger partial charge in [0.2, 0.25) is 0 Å². The van der Waals surface area contributed by atoms with E-state index in [1.54, 1.807) is 30.3 Å². The highest BCUT2D eigenvalue weighted by atomic mass is 32.1. The molecule has 0 bridgehead atoms. The number of hydrogen-bond donors (Lipinski definition) is 2. The molecule has 25 heavy (non-hydrogen) atoms. The number of ether oxygens (including phenoxy) is 1. The van der Waals surface area contributed by atoms with Crippen molar-refractivity contribution in [3.05, 3.63) is 68.8 Å². The number of nitrogens with one attached hydrogen (secondary N) is 2. The van der Waals surface area contributed by atoms with E-state index in [4.69, 9.17) is 4.74 Å². The van der Waals surface area contributed by atoms with E-state index in [0.717, 1.165) is 4.88 Å². The Morgan fingerprint density at radius 2 is 2.04 bits per heavy atom. The number of esters is 1. The summed E-state index contributed by atoms with van der Waals surface area (Å²) in [6.07, 6.45) is 0.0145. The molecule has 0 radical (unpaired) electrons. The predicted octanol–water partition coefficient (Wildman–Crippen LogP) is 2.62. The van der Waals surface area contributed by atoms with E-state index >= 15 is 0 Å². The highest BCUT2D eigenvalue weighted by Gasteiger charge is 2.21. The molecule has 3 aromatic rings. The van der Waals surface area contributed by atoms with Crippen LogP contribution in [0.3, 0.4) is 0 Å². The molecule has 1 atom stereocenters. The second-order valence-electron chi connectivity index (χ2n) is 5.42. The SMILES string of the molecule is COC(=O)CC(NC(=O)c1cc2ccccc2c(=O)[nH]1)c1cccs1. The molecular formula is C18H16N2O4S. The number of pyridine rings is 1. The monoisotopic (exact) mass is 356 g/mol. The molecule has 7 heteroatoms. The number of H-pyrrole nitrogens is 1. The van der Waals surface area contributed by atoms with Crippen LogP contribution in [0.4, 0.5) is 0 Å². The normalized spacial score (nSPS) is 11.9. The number of carbonyl (C=O) groups excluding carboxylic acids is 2. The van der Waals surface area contributed by atoms with E-state index in [9.17, 15) is 14.4 Å². The van der Waals surface area contributed by atoms with Crippen LogP contribution in [0.2, 0.25) is 0 Å². The molecule has 0 aliphatic carbocycles. The van der Waals surface area contributed by atoms with E-state index in [0.29, 0.717) is 10.8 Å².